The maximum absolute atomic E-state index is 13.3. The van der Waals surface area contributed by atoms with Crippen molar-refractivity contribution in [3.05, 3.63) is 24.3 Å². The van der Waals surface area contributed by atoms with Gasteiger partial charge in [0, 0.05) is 0 Å². The molecule has 0 saturated carbocycles. The molecule has 1 fully saturated rings. The van der Waals surface area contributed by atoms with Gasteiger partial charge in [0.15, 0.2) is 6.29 Å². The summed E-state index contributed by atoms with van der Waals surface area (Å²) >= 11 is 0. The number of ether oxygens (including phenoxy) is 2. The lowest BCUT2D eigenvalue weighted by Crippen LogP contribution is -2.60. The first-order chi connectivity index (χ1) is 42.7. The molecule has 11 nitrogen and oxygen atoms in total. The molecule has 0 aromatic carbocycles. The number of aliphatic hydroxyl groups excluding tert-OH is 7. The van der Waals surface area contributed by atoms with Crippen LogP contribution >= 0.6 is 0 Å². The molecule has 1 aliphatic heterocycles. The summed E-state index contributed by atoms with van der Waals surface area (Å²) in [5, 5.41) is 76.6. The zero-order chi connectivity index (χ0) is 63.1. The van der Waals surface area contributed by atoms with Gasteiger partial charge in [-0.05, 0) is 51.4 Å². The Kier molecular flexibility index (Phi) is 62.2. The van der Waals surface area contributed by atoms with E-state index in [2.05, 4.69) is 43.5 Å². The summed E-state index contributed by atoms with van der Waals surface area (Å²) in [4.78, 5) is 13.3. The standard InChI is InChI=1S/C76H147NO10/c1-3-5-7-9-11-13-15-17-19-21-23-25-27-29-30-31-32-33-34-35-36-37-38-39-40-42-44-46-48-50-52-54-56-58-60-62-64-69(80)75(85)77-67(66-86-76-74(84)73(83)72(82)70(65-78)87-76)71(81)68(79)63-61-59-57-55-53-51-49-47-45-43-41-28-26-24-22-20-18-16-14-12-10-8-6-4-2/h47,49,55,57,67-74,76,78-84H,3-46,48,50-54,56,58-66H2,1-2H3,(H,77,85)/b49-47+,57-55+. The van der Waals surface area contributed by atoms with Crippen LogP contribution in [0.2, 0.25) is 0 Å². The highest BCUT2D eigenvalue weighted by Gasteiger charge is 2.44. The van der Waals surface area contributed by atoms with E-state index >= 15 is 0 Å². The summed E-state index contributed by atoms with van der Waals surface area (Å²) in [6, 6.07) is -1.19. The fourth-order valence-electron chi connectivity index (χ4n) is 12.6. The van der Waals surface area contributed by atoms with Crippen LogP contribution in [0, 0.1) is 0 Å². The Hall–Kier alpha value is -1.41. The van der Waals surface area contributed by atoms with Crippen LogP contribution in [0.15, 0.2) is 24.3 Å². The van der Waals surface area contributed by atoms with Gasteiger partial charge in [-0.1, -0.05) is 359 Å². The summed E-state index contributed by atoms with van der Waals surface area (Å²) in [7, 11) is 0. The number of hydrogen-bond donors (Lipinski definition) is 8. The average molecular weight is 1240 g/mol. The molecular formula is C76H147NO10. The molecule has 8 N–H and O–H groups in total. The quantitative estimate of drug-likeness (QED) is 0.0215. The Morgan fingerprint density at radius 2 is 0.690 bits per heavy atom. The van der Waals surface area contributed by atoms with E-state index in [1.54, 1.807) is 0 Å². The maximum Gasteiger partial charge on any atom is 0.249 e. The Morgan fingerprint density at radius 3 is 1.02 bits per heavy atom. The van der Waals surface area contributed by atoms with E-state index in [9.17, 15) is 40.5 Å². The molecule has 1 aliphatic rings. The molecule has 0 aliphatic carbocycles. The summed E-state index contributed by atoms with van der Waals surface area (Å²) < 4.78 is 11.2. The lowest BCUT2D eigenvalue weighted by atomic mass is 9.98. The third kappa shape index (κ3) is 51.8. The smallest absolute Gasteiger partial charge is 0.249 e. The Morgan fingerprint density at radius 1 is 0.391 bits per heavy atom. The molecule has 0 bridgehead atoms. The van der Waals surface area contributed by atoms with Crippen LogP contribution in [-0.2, 0) is 14.3 Å². The highest BCUT2D eigenvalue weighted by atomic mass is 16.7. The van der Waals surface area contributed by atoms with Crippen LogP contribution in [0.25, 0.3) is 0 Å². The molecule has 1 saturated heterocycles. The minimum absolute atomic E-state index is 0.249. The van der Waals surface area contributed by atoms with E-state index in [4.69, 9.17) is 9.47 Å². The van der Waals surface area contributed by atoms with Gasteiger partial charge in [-0.2, -0.15) is 0 Å². The summed E-state index contributed by atoms with van der Waals surface area (Å²) in [5.74, 6) is -0.702. The van der Waals surface area contributed by atoms with Gasteiger partial charge in [0.25, 0.3) is 0 Å². The first-order valence-electron chi connectivity index (χ1n) is 38.2. The Labute approximate surface area is 537 Å². The lowest BCUT2D eigenvalue weighted by Gasteiger charge is -2.40. The normalized spacial score (nSPS) is 18.7. The van der Waals surface area contributed by atoms with Crippen molar-refractivity contribution in [2.75, 3.05) is 13.2 Å². The number of carbonyl (C=O) groups is 1. The topological polar surface area (TPSA) is 189 Å². The predicted octanol–water partition coefficient (Wildman–Crippen LogP) is 19.1. The van der Waals surface area contributed by atoms with Crippen molar-refractivity contribution in [2.45, 2.75) is 441 Å². The summed E-state index contributed by atoms with van der Waals surface area (Å²) in [6.45, 7) is 3.50. The highest BCUT2D eigenvalue weighted by molar-refractivity contribution is 5.80. The molecule has 0 spiro atoms. The predicted molar refractivity (Wildman–Crippen MR) is 367 cm³/mol. The van der Waals surface area contributed by atoms with Crippen molar-refractivity contribution in [1.29, 1.82) is 0 Å². The monoisotopic (exact) mass is 1230 g/mol. The summed E-state index contributed by atoms with van der Waals surface area (Å²) in [5.41, 5.74) is 0. The molecule has 0 aromatic heterocycles. The zero-order valence-corrected chi connectivity index (χ0v) is 57.3. The van der Waals surface area contributed by atoms with Crippen molar-refractivity contribution in [3.63, 3.8) is 0 Å². The first-order valence-corrected chi connectivity index (χ1v) is 38.2. The number of aliphatic hydroxyl groups is 7. The van der Waals surface area contributed by atoms with Crippen molar-refractivity contribution >= 4 is 5.91 Å². The second-order valence-electron chi connectivity index (χ2n) is 27.1. The van der Waals surface area contributed by atoms with Gasteiger partial charge in [-0.15, -0.1) is 0 Å². The third-order valence-electron chi connectivity index (χ3n) is 18.7. The van der Waals surface area contributed by atoms with Crippen molar-refractivity contribution < 1.29 is 50.0 Å². The second kappa shape index (κ2) is 64.7. The van der Waals surface area contributed by atoms with E-state index < -0.39 is 74.2 Å². The Bertz CT molecular complexity index is 1460. The molecule has 516 valence electrons. The van der Waals surface area contributed by atoms with Gasteiger partial charge in [0.05, 0.1) is 25.4 Å². The number of hydrogen-bond acceptors (Lipinski definition) is 10. The number of allylic oxidation sites excluding steroid dienone is 4. The fraction of sp³-hybridized carbons (Fsp3) is 0.934. The van der Waals surface area contributed by atoms with Gasteiger partial charge < -0.3 is 50.5 Å². The molecular weight excluding hydrogens is 1090 g/mol. The number of amides is 1. The minimum atomic E-state index is -1.67. The molecule has 1 heterocycles. The van der Waals surface area contributed by atoms with Crippen molar-refractivity contribution in [3.8, 4) is 0 Å². The van der Waals surface area contributed by atoms with Gasteiger partial charge >= 0.3 is 0 Å². The van der Waals surface area contributed by atoms with E-state index in [0.29, 0.717) is 19.3 Å². The fourth-order valence-corrected chi connectivity index (χ4v) is 12.6. The number of unbranched alkanes of at least 4 members (excludes halogenated alkanes) is 52. The van der Waals surface area contributed by atoms with Crippen LogP contribution in [0.5, 0.6) is 0 Å². The molecule has 1 rings (SSSR count). The van der Waals surface area contributed by atoms with Crippen LogP contribution in [0.3, 0.4) is 0 Å². The van der Waals surface area contributed by atoms with Gasteiger partial charge in [0.2, 0.25) is 5.91 Å². The summed E-state index contributed by atoms with van der Waals surface area (Å²) in [6.07, 6.45) is 71.5. The molecule has 0 aromatic rings. The Balaban J connectivity index is 2.14. The third-order valence-corrected chi connectivity index (χ3v) is 18.7. The molecule has 0 radical (unpaired) electrons. The largest absolute Gasteiger partial charge is 0.394 e. The number of carbonyl (C=O) groups excluding carboxylic acids is 1. The molecule has 1 amide bonds. The van der Waals surface area contributed by atoms with Gasteiger partial charge in [0.1, 0.15) is 36.6 Å². The van der Waals surface area contributed by atoms with Crippen molar-refractivity contribution in [2.24, 2.45) is 0 Å². The van der Waals surface area contributed by atoms with Gasteiger partial charge in [-0.25, -0.2) is 0 Å². The van der Waals surface area contributed by atoms with Crippen molar-refractivity contribution in [1.82, 2.24) is 5.32 Å². The average Bonchev–Trinajstić information content (AvgIpc) is 1.97. The SMILES string of the molecule is CCCCCCCCCCCCCCCCC/C=C/CC/C=C/CCCC(O)C(O)C(COC1OC(CO)C(O)C(O)C1O)NC(=O)C(O)CCCCCCCCCCCCCCCCCCCCCCCCCCCCCCCCCCCCCC. The van der Waals surface area contributed by atoms with Crippen LogP contribution in [0.4, 0.5) is 0 Å². The first kappa shape index (κ1) is 83.6. The highest BCUT2D eigenvalue weighted by Crippen LogP contribution is 2.24. The van der Waals surface area contributed by atoms with Crippen LogP contribution in [-0.4, -0.2) is 110 Å². The molecule has 9 atom stereocenters. The lowest BCUT2D eigenvalue weighted by molar-refractivity contribution is -0.303. The zero-order valence-electron chi connectivity index (χ0n) is 57.3. The number of rotatable bonds is 68. The number of nitrogens with one attached hydrogen (secondary N) is 1. The minimum Gasteiger partial charge on any atom is -0.394 e. The van der Waals surface area contributed by atoms with E-state index in [1.807, 2.05) is 0 Å². The van der Waals surface area contributed by atoms with Gasteiger partial charge in [-0.3, -0.25) is 4.79 Å². The van der Waals surface area contributed by atoms with E-state index in [-0.39, 0.29) is 12.8 Å². The maximum atomic E-state index is 13.3. The second-order valence-corrected chi connectivity index (χ2v) is 27.1. The van der Waals surface area contributed by atoms with E-state index in [1.165, 1.54) is 302 Å². The molecule has 11 heteroatoms. The van der Waals surface area contributed by atoms with Crippen LogP contribution in [0.1, 0.15) is 386 Å². The molecule has 87 heavy (non-hydrogen) atoms. The van der Waals surface area contributed by atoms with E-state index in [0.717, 1.165) is 38.5 Å². The molecule has 9 unspecified atom stereocenters. The van der Waals surface area contributed by atoms with Crippen LogP contribution < -0.4 is 5.32 Å².